The molecule has 0 radical (unpaired) electrons. The summed E-state index contributed by atoms with van der Waals surface area (Å²) in [4.78, 5) is 12.4. The topological polar surface area (TPSA) is 101 Å². The number of anilines is 1. The summed E-state index contributed by atoms with van der Waals surface area (Å²) in [6.45, 7) is 0.436. The zero-order valence-electron chi connectivity index (χ0n) is 19.7. The number of rotatable bonds is 10. The van der Waals surface area contributed by atoms with Crippen LogP contribution < -0.4 is 19.9 Å². The van der Waals surface area contributed by atoms with E-state index in [1.807, 2.05) is 36.4 Å². The van der Waals surface area contributed by atoms with Gasteiger partial charge in [0.15, 0.2) is 5.75 Å². The molecule has 0 atom stereocenters. The number of methoxy groups -OCH3 is 1. The molecule has 1 N–H and O–H groups in total. The van der Waals surface area contributed by atoms with Gasteiger partial charge in [0, 0.05) is 33.3 Å². The van der Waals surface area contributed by atoms with Crippen LogP contribution in [0.2, 0.25) is 0 Å². The smallest absolute Gasteiger partial charge is 0.328 e. The molecule has 0 aliphatic carbocycles. The lowest BCUT2D eigenvalue weighted by atomic mass is 10.2. The van der Waals surface area contributed by atoms with Crippen LogP contribution >= 0.6 is 0 Å². The van der Waals surface area contributed by atoms with Gasteiger partial charge in [-0.25, -0.2) is 13.2 Å². The molecule has 0 unspecified atom stereocenters. The van der Waals surface area contributed by atoms with E-state index in [9.17, 15) is 13.2 Å². The summed E-state index contributed by atoms with van der Waals surface area (Å²) in [7, 11) is 0.990. The Balaban J connectivity index is 1.67. The fourth-order valence-electron chi connectivity index (χ4n) is 3.60. The molecule has 0 fully saturated rings. The maximum Gasteiger partial charge on any atom is 0.328 e. The van der Waals surface area contributed by atoms with Gasteiger partial charge in [-0.15, -0.1) is 0 Å². The SMILES string of the molecule is COCCS(=O)(=O)Nc1cc2c(cc1Oc1cccc(OCc3ccccc3)c1)n(C)c(=O)n2C. The molecule has 0 aliphatic heterocycles. The normalized spacial score (nSPS) is 11.5. The van der Waals surface area contributed by atoms with Gasteiger partial charge in [-0.3, -0.25) is 13.9 Å². The maximum absolute atomic E-state index is 12.6. The first kappa shape index (κ1) is 24.4. The van der Waals surface area contributed by atoms with Gasteiger partial charge in [0.25, 0.3) is 0 Å². The predicted molar refractivity (Wildman–Crippen MR) is 135 cm³/mol. The van der Waals surface area contributed by atoms with Gasteiger partial charge >= 0.3 is 5.69 Å². The molecule has 4 aromatic rings. The standard InChI is InChI=1S/C25H27N3O6S/c1-27-22-15-21(26-35(30,31)13-12-32-3)24(16-23(22)28(2)25(27)29)34-20-11-7-10-19(14-20)33-17-18-8-5-4-6-9-18/h4-11,14-16,26H,12-13,17H2,1-3H3. The Kier molecular flexibility index (Phi) is 7.13. The molecule has 0 aliphatic rings. The molecule has 1 aromatic heterocycles. The van der Waals surface area contributed by atoms with Crippen molar-refractivity contribution in [3.8, 4) is 17.2 Å². The third-order valence-corrected chi connectivity index (χ3v) is 6.71. The maximum atomic E-state index is 12.6. The highest BCUT2D eigenvalue weighted by atomic mass is 32.2. The lowest BCUT2D eigenvalue weighted by molar-refractivity contribution is 0.217. The molecule has 0 spiro atoms. The van der Waals surface area contributed by atoms with Crippen molar-refractivity contribution in [1.82, 2.24) is 9.13 Å². The Labute approximate surface area is 203 Å². The summed E-state index contributed by atoms with van der Waals surface area (Å²) < 4.78 is 47.6. The number of fused-ring (bicyclic) bond motifs is 1. The Morgan fingerprint density at radius 1 is 0.886 bits per heavy atom. The van der Waals surface area contributed by atoms with Crippen LogP contribution in [-0.4, -0.2) is 37.0 Å². The molecule has 0 saturated carbocycles. The number of hydrogen-bond acceptors (Lipinski definition) is 6. The molecule has 10 heteroatoms. The van der Waals surface area contributed by atoms with Gasteiger partial charge in [0.1, 0.15) is 18.1 Å². The van der Waals surface area contributed by atoms with E-state index >= 15 is 0 Å². The summed E-state index contributed by atoms with van der Waals surface area (Å²) in [5.74, 6) is 1.08. The minimum atomic E-state index is -3.72. The third-order valence-electron chi connectivity index (χ3n) is 5.48. The highest BCUT2D eigenvalue weighted by Gasteiger charge is 2.19. The second-order valence-electron chi connectivity index (χ2n) is 8.00. The fourth-order valence-corrected chi connectivity index (χ4v) is 4.58. The van der Waals surface area contributed by atoms with Crippen molar-refractivity contribution in [2.45, 2.75) is 6.61 Å². The first-order chi connectivity index (χ1) is 16.8. The van der Waals surface area contributed by atoms with Gasteiger partial charge in [0.05, 0.1) is 29.1 Å². The second kappa shape index (κ2) is 10.2. The largest absolute Gasteiger partial charge is 0.489 e. The van der Waals surface area contributed by atoms with Crippen molar-refractivity contribution in [2.75, 3.05) is 24.2 Å². The minimum absolute atomic E-state index is 0.0401. The van der Waals surface area contributed by atoms with Crippen molar-refractivity contribution in [1.29, 1.82) is 0 Å². The van der Waals surface area contributed by atoms with Crippen LogP contribution in [0.5, 0.6) is 17.2 Å². The van der Waals surface area contributed by atoms with Crippen LogP contribution in [0.25, 0.3) is 11.0 Å². The number of nitrogens with one attached hydrogen (secondary N) is 1. The van der Waals surface area contributed by atoms with E-state index in [1.54, 1.807) is 44.4 Å². The molecule has 35 heavy (non-hydrogen) atoms. The molecule has 0 amide bonds. The number of aryl methyl sites for hydroxylation is 2. The Bertz CT molecular complexity index is 1490. The molecule has 4 rings (SSSR count). The van der Waals surface area contributed by atoms with E-state index in [1.165, 1.54) is 16.2 Å². The second-order valence-corrected chi connectivity index (χ2v) is 9.84. The molecule has 3 aromatic carbocycles. The molecule has 0 bridgehead atoms. The quantitative estimate of drug-likeness (QED) is 0.359. The van der Waals surface area contributed by atoms with Crippen LogP contribution in [0.15, 0.2) is 71.5 Å². The van der Waals surface area contributed by atoms with Crippen LogP contribution in [0.1, 0.15) is 5.56 Å². The van der Waals surface area contributed by atoms with Crippen LogP contribution in [0.3, 0.4) is 0 Å². The zero-order valence-corrected chi connectivity index (χ0v) is 20.5. The number of hydrogen-bond donors (Lipinski definition) is 1. The number of sulfonamides is 1. The van der Waals surface area contributed by atoms with E-state index in [-0.39, 0.29) is 29.5 Å². The van der Waals surface area contributed by atoms with Crippen molar-refractivity contribution in [3.05, 3.63) is 82.8 Å². The predicted octanol–water partition coefficient (Wildman–Crippen LogP) is 3.64. The highest BCUT2D eigenvalue weighted by molar-refractivity contribution is 7.92. The Hall–Kier alpha value is -3.76. The van der Waals surface area contributed by atoms with Crippen molar-refractivity contribution < 1.29 is 22.6 Å². The molecule has 9 nitrogen and oxygen atoms in total. The van der Waals surface area contributed by atoms with E-state index in [4.69, 9.17) is 14.2 Å². The molecule has 0 saturated heterocycles. The van der Waals surface area contributed by atoms with E-state index in [0.717, 1.165) is 5.56 Å². The van der Waals surface area contributed by atoms with Gasteiger partial charge in [-0.1, -0.05) is 36.4 Å². The average Bonchev–Trinajstić information content (AvgIpc) is 3.06. The van der Waals surface area contributed by atoms with Crippen molar-refractivity contribution >= 4 is 26.7 Å². The lowest BCUT2D eigenvalue weighted by Gasteiger charge is -2.15. The fraction of sp³-hybridized carbons (Fsp3) is 0.240. The average molecular weight is 498 g/mol. The minimum Gasteiger partial charge on any atom is -0.489 e. The summed E-state index contributed by atoms with van der Waals surface area (Å²) in [5.41, 5.74) is 2.17. The van der Waals surface area contributed by atoms with E-state index in [2.05, 4.69) is 4.72 Å². The third kappa shape index (κ3) is 5.67. The Morgan fingerprint density at radius 2 is 1.57 bits per heavy atom. The Morgan fingerprint density at radius 3 is 2.29 bits per heavy atom. The van der Waals surface area contributed by atoms with Gasteiger partial charge < -0.3 is 14.2 Å². The summed E-state index contributed by atoms with van der Waals surface area (Å²) >= 11 is 0. The lowest BCUT2D eigenvalue weighted by Crippen LogP contribution is -2.20. The number of aromatic nitrogens is 2. The van der Waals surface area contributed by atoms with Crippen molar-refractivity contribution in [2.24, 2.45) is 14.1 Å². The van der Waals surface area contributed by atoms with Crippen molar-refractivity contribution in [3.63, 3.8) is 0 Å². The molecular formula is C25H27N3O6S. The number of imidazole rings is 1. The highest BCUT2D eigenvalue weighted by Crippen LogP contribution is 2.35. The van der Waals surface area contributed by atoms with Gasteiger partial charge in [-0.2, -0.15) is 0 Å². The van der Waals surface area contributed by atoms with Crippen LogP contribution in [0.4, 0.5) is 5.69 Å². The van der Waals surface area contributed by atoms with Crippen LogP contribution in [0, 0.1) is 0 Å². The summed E-state index contributed by atoms with van der Waals surface area (Å²) in [5, 5.41) is 0. The van der Waals surface area contributed by atoms with E-state index in [0.29, 0.717) is 29.1 Å². The van der Waals surface area contributed by atoms with Gasteiger partial charge in [-0.05, 0) is 23.8 Å². The van der Waals surface area contributed by atoms with E-state index < -0.39 is 10.0 Å². The first-order valence-electron chi connectivity index (χ1n) is 10.9. The summed E-state index contributed by atoms with van der Waals surface area (Å²) in [6.07, 6.45) is 0. The molecular weight excluding hydrogens is 470 g/mol. The zero-order chi connectivity index (χ0) is 25.0. The number of benzene rings is 3. The monoisotopic (exact) mass is 497 g/mol. The first-order valence-corrected chi connectivity index (χ1v) is 12.6. The summed E-state index contributed by atoms with van der Waals surface area (Å²) in [6, 6.07) is 20.1. The molecule has 184 valence electrons. The molecule has 1 heterocycles. The van der Waals surface area contributed by atoms with Gasteiger partial charge in [0.2, 0.25) is 10.0 Å². The number of nitrogens with zero attached hydrogens (tertiary/aromatic N) is 2. The van der Waals surface area contributed by atoms with Crippen LogP contribution in [-0.2, 0) is 35.5 Å². The number of ether oxygens (including phenoxy) is 3.